The van der Waals surface area contributed by atoms with E-state index in [1.54, 1.807) is 18.2 Å². The first-order valence-corrected chi connectivity index (χ1v) is 9.46. The maximum Gasteiger partial charge on any atom is 0.150 e. The summed E-state index contributed by atoms with van der Waals surface area (Å²) in [5.41, 5.74) is 6.30. The number of hydrogen-bond acceptors (Lipinski definition) is 4. The monoisotopic (exact) mass is 347 g/mol. The lowest BCUT2D eigenvalue weighted by Gasteiger charge is -2.29. The summed E-state index contributed by atoms with van der Waals surface area (Å²) in [4.78, 5) is 0.233. The first kappa shape index (κ1) is 16.5. The predicted octanol–water partition coefficient (Wildman–Crippen LogP) is 2.71. The highest BCUT2D eigenvalue weighted by atomic mass is 35.5. The molecule has 0 bridgehead atoms. The van der Waals surface area contributed by atoms with Crippen LogP contribution in [0.15, 0.2) is 18.2 Å². The summed E-state index contributed by atoms with van der Waals surface area (Å²) in [6.07, 6.45) is 3.93. The molecule has 0 heterocycles. The Kier molecular flexibility index (Phi) is 5.11. The molecule has 2 N–H and O–H groups in total. The molecule has 0 saturated heterocycles. The summed E-state index contributed by atoms with van der Waals surface area (Å²) >= 11 is 11.0. The second-order valence-corrected chi connectivity index (χ2v) is 8.56. The van der Waals surface area contributed by atoms with Gasteiger partial charge in [-0.1, -0.05) is 23.8 Å². The van der Waals surface area contributed by atoms with Crippen molar-refractivity contribution >= 4 is 38.6 Å². The van der Waals surface area contributed by atoms with Crippen molar-refractivity contribution in [2.75, 3.05) is 6.26 Å². The molecule has 21 heavy (non-hydrogen) atoms. The average molecular weight is 348 g/mol. The van der Waals surface area contributed by atoms with Gasteiger partial charge in [-0.2, -0.15) is 0 Å². The van der Waals surface area contributed by atoms with E-state index in [1.807, 2.05) is 0 Å². The summed E-state index contributed by atoms with van der Waals surface area (Å²) in [6, 6.07) is 5.08. The van der Waals surface area contributed by atoms with Gasteiger partial charge in [-0.3, -0.25) is 0 Å². The number of halogens is 1. The summed E-state index contributed by atoms with van der Waals surface area (Å²) in [5, 5.41) is 0.184. The van der Waals surface area contributed by atoms with Crippen LogP contribution in [0.4, 0.5) is 0 Å². The quantitative estimate of drug-likeness (QED) is 0.848. The van der Waals surface area contributed by atoms with Gasteiger partial charge in [0.15, 0.2) is 0 Å². The first-order valence-electron chi connectivity index (χ1n) is 6.72. The van der Waals surface area contributed by atoms with Gasteiger partial charge in [-0.05, 0) is 37.5 Å². The van der Waals surface area contributed by atoms with Gasteiger partial charge in [0.05, 0.1) is 16.9 Å². The highest BCUT2D eigenvalue weighted by Gasteiger charge is 2.30. The standard InChI is InChI=1S/C14H18ClNO3S2/c1-21(17,18)11-4-2-3-10(8-11)19-13-7-9(15)5-6-12(13)14(16)20/h5-7,10-11H,2-4,8H2,1H3,(H2,16,20). The van der Waals surface area contributed by atoms with Crippen molar-refractivity contribution in [2.45, 2.75) is 37.0 Å². The molecule has 0 aromatic heterocycles. The molecular formula is C14H18ClNO3S2. The molecule has 0 spiro atoms. The van der Waals surface area contributed by atoms with E-state index in [0.29, 0.717) is 29.2 Å². The molecule has 1 saturated carbocycles. The third kappa shape index (κ3) is 4.31. The van der Waals surface area contributed by atoms with Gasteiger partial charge in [-0.15, -0.1) is 0 Å². The summed E-state index contributed by atoms with van der Waals surface area (Å²) in [7, 11) is -3.04. The normalized spacial score (nSPS) is 22.8. The van der Waals surface area contributed by atoms with Crippen molar-refractivity contribution in [3.63, 3.8) is 0 Å². The average Bonchev–Trinajstić information content (AvgIpc) is 2.37. The number of sulfone groups is 1. The summed E-state index contributed by atoms with van der Waals surface area (Å²) < 4.78 is 29.3. The lowest BCUT2D eigenvalue weighted by molar-refractivity contribution is 0.156. The fourth-order valence-corrected chi connectivity index (χ4v) is 4.06. The third-order valence-corrected chi connectivity index (χ3v) is 5.78. The molecule has 1 fully saturated rings. The maximum atomic E-state index is 11.7. The van der Waals surface area contributed by atoms with Gasteiger partial charge in [0.25, 0.3) is 0 Å². The van der Waals surface area contributed by atoms with Gasteiger partial charge in [0, 0.05) is 17.7 Å². The second kappa shape index (κ2) is 6.50. The van der Waals surface area contributed by atoms with Gasteiger partial charge < -0.3 is 10.5 Å². The van der Waals surface area contributed by atoms with Crippen molar-refractivity contribution in [3.05, 3.63) is 28.8 Å². The van der Waals surface area contributed by atoms with Crippen LogP contribution in [0.5, 0.6) is 5.75 Å². The van der Waals surface area contributed by atoms with E-state index in [0.717, 1.165) is 12.8 Å². The molecule has 0 radical (unpaired) electrons. The fraction of sp³-hybridized carbons (Fsp3) is 0.500. The first-order chi connectivity index (χ1) is 9.77. The zero-order valence-electron chi connectivity index (χ0n) is 11.7. The molecule has 1 aromatic rings. The van der Waals surface area contributed by atoms with Crippen molar-refractivity contribution in [1.82, 2.24) is 0 Å². The highest BCUT2D eigenvalue weighted by molar-refractivity contribution is 7.91. The Morgan fingerprint density at radius 2 is 2.14 bits per heavy atom. The Morgan fingerprint density at radius 1 is 1.43 bits per heavy atom. The van der Waals surface area contributed by atoms with Crippen molar-refractivity contribution < 1.29 is 13.2 Å². The van der Waals surface area contributed by atoms with Crippen LogP contribution in [0, 0.1) is 0 Å². The van der Waals surface area contributed by atoms with Crippen LogP contribution in [0.2, 0.25) is 5.02 Å². The summed E-state index contributed by atoms with van der Waals surface area (Å²) in [5.74, 6) is 0.522. The van der Waals surface area contributed by atoms with E-state index in [1.165, 1.54) is 6.26 Å². The SMILES string of the molecule is CS(=O)(=O)C1CCCC(Oc2cc(Cl)ccc2C(N)=S)C1. The van der Waals surface area contributed by atoms with Crippen LogP contribution >= 0.6 is 23.8 Å². The van der Waals surface area contributed by atoms with E-state index in [9.17, 15) is 8.42 Å². The van der Waals surface area contributed by atoms with Crippen LogP contribution < -0.4 is 10.5 Å². The molecule has 116 valence electrons. The molecule has 2 unspecified atom stereocenters. The molecule has 7 heteroatoms. The predicted molar refractivity (Wildman–Crippen MR) is 88.9 cm³/mol. The Hall–Kier alpha value is -0.850. The molecule has 1 aliphatic rings. The molecular weight excluding hydrogens is 330 g/mol. The van der Waals surface area contributed by atoms with Gasteiger partial charge in [-0.25, -0.2) is 8.42 Å². The minimum absolute atomic E-state index is 0.162. The topological polar surface area (TPSA) is 69.4 Å². The number of thiocarbonyl (C=S) groups is 1. The Morgan fingerprint density at radius 3 is 2.76 bits per heavy atom. The largest absolute Gasteiger partial charge is 0.490 e. The van der Waals surface area contributed by atoms with E-state index in [-0.39, 0.29) is 16.3 Å². The lowest BCUT2D eigenvalue weighted by atomic mass is 9.97. The van der Waals surface area contributed by atoms with Gasteiger partial charge >= 0.3 is 0 Å². The molecule has 1 aromatic carbocycles. The van der Waals surface area contributed by atoms with Crippen LogP contribution in [-0.2, 0) is 9.84 Å². The van der Waals surface area contributed by atoms with E-state index in [2.05, 4.69) is 0 Å². The van der Waals surface area contributed by atoms with Crippen molar-refractivity contribution in [3.8, 4) is 5.75 Å². The van der Waals surface area contributed by atoms with E-state index >= 15 is 0 Å². The molecule has 2 atom stereocenters. The van der Waals surface area contributed by atoms with Crippen molar-refractivity contribution in [2.24, 2.45) is 5.73 Å². The number of rotatable bonds is 4. The third-order valence-electron chi connectivity index (χ3n) is 3.69. The summed E-state index contributed by atoms with van der Waals surface area (Å²) in [6.45, 7) is 0. The Labute approximate surface area is 135 Å². The van der Waals surface area contributed by atoms with Crippen LogP contribution in [0.3, 0.4) is 0 Å². The van der Waals surface area contributed by atoms with E-state index < -0.39 is 9.84 Å². The Bertz CT molecular complexity index is 646. The molecule has 4 nitrogen and oxygen atoms in total. The number of hydrogen-bond donors (Lipinski definition) is 1. The number of ether oxygens (including phenoxy) is 1. The molecule has 0 amide bonds. The smallest absolute Gasteiger partial charge is 0.150 e. The minimum atomic E-state index is -3.04. The molecule has 0 aliphatic heterocycles. The van der Waals surface area contributed by atoms with E-state index in [4.69, 9.17) is 34.3 Å². The number of nitrogens with two attached hydrogens (primary N) is 1. The highest BCUT2D eigenvalue weighted by Crippen LogP contribution is 2.30. The van der Waals surface area contributed by atoms with Gasteiger partial charge in [0.2, 0.25) is 0 Å². The Balaban J connectivity index is 2.18. The van der Waals surface area contributed by atoms with Gasteiger partial charge in [0.1, 0.15) is 20.6 Å². The minimum Gasteiger partial charge on any atom is -0.490 e. The maximum absolute atomic E-state index is 11.7. The number of benzene rings is 1. The van der Waals surface area contributed by atoms with Crippen molar-refractivity contribution in [1.29, 1.82) is 0 Å². The molecule has 1 aliphatic carbocycles. The zero-order chi connectivity index (χ0) is 15.6. The van der Waals surface area contributed by atoms with Crippen LogP contribution in [-0.4, -0.2) is 31.0 Å². The lowest BCUT2D eigenvalue weighted by Crippen LogP contribution is -2.33. The molecule has 2 rings (SSSR count). The van der Waals surface area contributed by atoms with Crippen LogP contribution in [0.1, 0.15) is 31.2 Å². The van der Waals surface area contributed by atoms with Crippen LogP contribution in [0.25, 0.3) is 0 Å². The fourth-order valence-electron chi connectivity index (χ4n) is 2.57. The second-order valence-electron chi connectivity index (χ2n) is 5.36. The zero-order valence-corrected chi connectivity index (χ0v) is 14.1.